The van der Waals surface area contributed by atoms with E-state index >= 15 is 0 Å². The first kappa shape index (κ1) is 29.7. The van der Waals surface area contributed by atoms with Crippen LogP contribution in [0.4, 0.5) is 8.78 Å². The van der Waals surface area contributed by atoms with Crippen LogP contribution >= 0.6 is 0 Å². The number of nitrogens with one attached hydrogen (secondary N) is 1. The summed E-state index contributed by atoms with van der Waals surface area (Å²) in [6, 6.07) is 12.7. The van der Waals surface area contributed by atoms with Gasteiger partial charge in [0.25, 0.3) is 0 Å². The van der Waals surface area contributed by atoms with E-state index in [1.807, 2.05) is 12.1 Å². The van der Waals surface area contributed by atoms with E-state index in [1.165, 1.54) is 37.6 Å². The first-order valence-electron chi connectivity index (χ1n) is 10.8. The van der Waals surface area contributed by atoms with Gasteiger partial charge in [-0.2, -0.15) is 5.26 Å². The summed E-state index contributed by atoms with van der Waals surface area (Å²) in [4.78, 5) is 12.0. The zero-order valence-electron chi connectivity index (χ0n) is 19.9. The van der Waals surface area contributed by atoms with Crippen molar-refractivity contribution in [1.29, 1.82) is 10.6 Å². The van der Waals surface area contributed by atoms with Crippen LogP contribution in [0.15, 0.2) is 53.7 Å². The van der Waals surface area contributed by atoms with Crippen molar-refractivity contribution in [3.8, 4) is 35.7 Å². The molecule has 0 saturated heterocycles. The zero-order valence-corrected chi connectivity index (χ0v) is 19.9. The molecule has 2 aromatic rings. The van der Waals surface area contributed by atoms with E-state index in [0.717, 1.165) is 18.9 Å². The number of nitriles is 1. The van der Waals surface area contributed by atoms with Crippen LogP contribution < -0.4 is 4.74 Å². The fourth-order valence-corrected chi connectivity index (χ4v) is 2.60. The van der Waals surface area contributed by atoms with Gasteiger partial charge in [0.1, 0.15) is 17.6 Å². The fraction of sp³-hybridized carbons (Fsp3) is 0.231. The predicted molar refractivity (Wildman–Crippen MR) is 131 cm³/mol. The molecule has 0 heterocycles. The van der Waals surface area contributed by atoms with Gasteiger partial charge in [0.2, 0.25) is 0 Å². The van der Waals surface area contributed by atoms with Crippen molar-refractivity contribution in [1.82, 2.24) is 0 Å². The summed E-state index contributed by atoms with van der Waals surface area (Å²) in [5.74, 6) is 5.36. The summed E-state index contributed by atoms with van der Waals surface area (Å²) in [7, 11) is 1.98. The Balaban J connectivity index is 0.000000426. The number of rotatable bonds is 8. The molecule has 0 bridgehead atoms. The Morgan fingerprint density at radius 3 is 2.42 bits per heavy atom. The van der Waals surface area contributed by atoms with Crippen LogP contribution in [-0.2, 0) is 15.9 Å². The van der Waals surface area contributed by atoms with Gasteiger partial charge in [0.15, 0.2) is 0 Å². The summed E-state index contributed by atoms with van der Waals surface area (Å²) < 4.78 is 45.7. The molecule has 10 heteroatoms. The Hall–Kier alpha value is -4.35. The topological polar surface area (TPSA) is 100 Å². The van der Waals surface area contributed by atoms with Crippen LogP contribution in [0.1, 0.15) is 47.7 Å². The van der Waals surface area contributed by atoms with Crippen LogP contribution in [0.5, 0.6) is 5.75 Å². The molecule has 0 saturated carbocycles. The Bertz CT molecular complexity index is 1270. The number of benzene rings is 2. The van der Waals surface area contributed by atoms with Gasteiger partial charge < -0.3 is 4.74 Å². The Kier molecular flexibility index (Phi) is 14.1. The van der Waals surface area contributed by atoms with E-state index in [1.54, 1.807) is 18.2 Å². The molecule has 2 rings (SSSR count). The molecule has 0 aliphatic rings. The van der Waals surface area contributed by atoms with Gasteiger partial charge in [-0.25, -0.2) is 9.18 Å². The quantitative estimate of drug-likeness (QED) is 0.188. The van der Waals surface area contributed by atoms with Gasteiger partial charge in [-0.05, 0) is 42.7 Å². The summed E-state index contributed by atoms with van der Waals surface area (Å²) in [5, 5.41) is 15.2. The summed E-state index contributed by atoms with van der Waals surface area (Å²) >= 11 is 0. The second-order valence-electron chi connectivity index (χ2n) is 7.00. The van der Waals surface area contributed by atoms with Crippen molar-refractivity contribution < 1.29 is 27.8 Å². The summed E-state index contributed by atoms with van der Waals surface area (Å²) in [5.41, 5.74) is 0.122. The van der Waals surface area contributed by atoms with E-state index in [-0.39, 0.29) is 18.5 Å². The fourth-order valence-electron chi connectivity index (χ4n) is 2.60. The molecule has 0 fully saturated rings. The average molecular weight is 486 g/mol. The van der Waals surface area contributed by atoms with Crippen LogP contribution in [0, 0.1) is 46.3 Å². The Morgan fingerprint density at radius 2 is 1.86 bits per heavy atom. The van der Waals surface area contributed by atoms with Gasteiger partial charge in [0.05, 0.1) is 11.1 Å². The zero-order chi connectivity index (χ0) is 26.8. The number of methoxy groups -OCH3 is 1. The van der Waals surface area contributed by atoms with Crippen molar-refractivity contribution >= 4 is 20.2 Å². The molecule has 0 amide bonds. The van der Waals surface area contributed by atoms with Crippen molar-refractivity contribution in [2.75, 3.05) is 7.11 Å². The number of halogens is 2. The molecule has 2 aromatic carbocycles. The molecule has 0 radical (unpaired) electrons. The van der Waals surface area contributed by atoms with Gasteiger partial charge >= 0.3 is 81.5 Å². The monoisotopic (exact) mass is 486 g/mol. The minimum atomic E-state index is -0.985. The number of unbranched alkanes of at least 4 members (excludes halogenated alkanes) is 2. The molecule has 0 atom stereocenters. The van der Waals surface area contributed by atoms with E-state index in [9.17, 15) is 18.3 Å². The molecule has 0 spiro atoms. The van der Waals surface area contributed by atoms with Crippen molar-refractivity contribution in [2.24, 2.45) is 0 Å². The molecule has 6 nitrogen and oxygen atoms in total. The number of esters is 1. The van der Waals surface area contributed by atoms with Crippen LogP contribution in [-0.4, -0.2) is 27.3 Å². The normalized spacial score (nSPS) is 9.64. The van der Waals surface area contributed by atoms with Crippen LogP contribution in [0.25, 0.3) is 0 Å². The maximum absolute atomic E-state index is 13.5. The molecule has 180 valence electrons. The average Bonchev–Trinajstić information content (AvgIpc) is 2.89. The first-order valence-corrected chi connectivity index (χ1v) is 10.8. The number of hydrogen-bond donors (Lipinski definition) is 1. The molecule has 0 aliphatic carbocycles. The number of hydrogen-bond acceptors (Lipinski definition) is 6. The molecule has 0 aliphatic heterocycles. The first-order chi connectivity index (χ1) is 17.4. The van der Waals surface area contributed by atoms with Crippen molar-refractivity contribution in [3.05, 3.63) is 76.2 Å². The summed E-state index contributed by atoms with van der Waals surface area (Å²) in [6.07, 6.45) is 6.62. The second-order valence-corrected chi connectivity index (χ2v) is 7.00. The molecule has 0 unspecified atom stereocenters. The third kappa shape index (κ3) is 10.7. The number of allylic oxidation sites excluding steroid dienone is 1. The predicted octanol–water partition coefficient (Wildman–Crippen LogP) is 4.90. The Morgan fingerprint density at radius 1 is 1.14 bits per heavy atom. The maximum atomic E-state index is 13.5. The molecule has 1 N–H and O–H groups in total. The van der Waals surface area contributed by atoms with Gasteiger partial charge in [0, 0.05) is 6.07 Å². The van der Waals surface area contributed by atoms with Gasteiger partial charge in [-0.3, -0.25) is 0 Å². The molecular formula is C26H22B2F2N2O4. The Labute approximate surface area is 210 Å². The van der Waals surface area contributed by atoms with Crippen molar-refractivity contribution in [2.45, 2.75) is 32.6 Å². The van der Waals surface area contributed by atoms with Gasteiger partial charge in [-0.15, -0.1) is 0 Å². The van der Waals surface area contributed by atoms with E-state index in [2.05, 4.69) is 35.5 Å². The van der Waals surface area contributed by atoms with Crippen LogP contribution in [0.3, 0.4) is 0 Å². The number of nitrogens with zero attached hydrogens (tertiary/aromatic N) is 1. The standard InChI is InChI=1S/C19H18FNO2.C7H4B2FNO2/c1-2-3-4-5-14-6-8-15(9-7-14)19(22)23-17-11-10-16(13-21)18(20)12-17;1-13-5-3-2-4-6(9-12)7(10)8-11/h6-12H,2-5H2,1H3;11H,1H3/b;7-6+. The summed E-state index contributed by atoms with van der Waals surface area (Å²) in [6.45, 7) is 2.16. The number of carbonyl (C=O) groups excluding carboxylic acids is 1. The molecular weight excluding hydrogens is 464 g/mol. The molecule has 0 aromatic heterocycles. The van der Waals surface area contributed by atoms with E-state index < -0.39 is 23.0 Å². The number of carbonyl (C=O) groups is 1. The van der Waals surface area contributed by atoms with Gasteiger partial charge in [-0.1, -0.05) is 31.9 Å². The third-order valence-corrected chi connectivity index (χ3v) is 4.44. The third-order valence-electron chi connectivity index (χ3n) is 4.44. The SMILES string of the molecule is CCCCCc1ccc(C(=O)Oc2ccc(C#N)c(F)c2)cc1.COC#CC#C/C(B=O)=C(\F)B=N. The van der Waals surface area contributed by atoms with Crippen LogP contribution in [0.2, 0.25) is 0 Å². The number of ether oxygens (including phenoxy) is 2. The van der Waals surface area contributed by atoms with E-state index in [0.29, 0.717) is 12.6 Å². The second kappa shape index (κ2) is 17.1. The minimum absolute atomic E-state index is 0.0820. The van der Waals surface area contributed by atoms with E-state index in [4.69, 9.17) is 15.3 Å². The number of aryl methyl sites for hydroxylation is 1. The molecule has 36 heavy (non-hydrogen) atoms. The van der Waals surface area contributed by atoms with Crippen molar-refractivity contribution in [3.63, 3.8) is 0 Å².